The molecular formula is C20H26N2O. The highest BCUT2D eigenvalue weighted by molar-refractivity contribution is 6.06. The van der Waals surface area contributed by atoms with E-state index >= 15 is 0 Å². The smallest absolute Gasteiger partial charge is 0.178 e. The van der Waals surface area contributed by atoms with Crippen molar-refractivity contribution in [2.75, 3.05) is 18.0 Å². The molecule has 0 N–H and O–H groups in total. The summed E-state index contributed by atoms with van der Waals surface area (Å²) in [7, 11) is 0. The van der Waals surface area contributed by atoms with Crippen molar-refractivity contribution in [3.05, 3.63) is 35.4 Å². The summed E-state index contributed by atoms with van der Waals surface area (Å²) in [5.74, 6) is -0.114. The van der Waals surface area contributed by atoms with E-state index in [1.54, 1.807) is 6.08 Å². The normalized spacial score (nSPS) is 16.6. The van der Waals surface area contributed by atoms with Crippen molar-refractivity contribution >= 4 is 17.5 Å². The Kier molecular flexibility index (Phi) is 5.60. The van der Waals surface area contributed by atoms with Gasteiger partial charge in [0.1, 0.15) is 6.07 Å². The van der Waals surface area contributed by atoms with E-state index in [2.05, 4.69) is 17.0 Å². The number of hydrogen-bond donors (Lipinski definition) is 0. The lowest BCUT2D eigenvalue weighted by Gasteiger charge is -2.22. The van der Waals surface area contributed by atoms with Gasteiger partial charge in [-0.25, -0.2) is 0 Å². The van der Waals surface area contributed by atoms with E-state index in [-0.39, 0.29) is 11.4 Å². The van der Waals surface area contributed by atoms with Crippen molar-refractivity contribution in [1.29, 1.82) is 5.26 Å². The van der Waals surface area contributed by atoms with Crippen LogP contribution in [0.15, 0.2) is 29.8 Å². The summed E-state index contributed by atoms with van der Waals surface area (Å²) in [6.07, 6.45) is 6.83. The third-order valence-electron chi connectivity index (χ3n) is 4.22. The van der Waals surface area contributed by atoms with Gasteiger partial charge in [0.05, 0.1) is 5.57 Å². The van der Waals surface area contributed by atoms with E-state index in [0.717, 1.165) is 18.7 Å². The number of nitriles is 1. The summed E-state index contributed by atoms with van der Waals surface area (Å²) >= 11 is 0. The number of ketones is 1. The van der Waals surface area contributed by atoms with Crippen molar-refractivity contribution in [2.24, 2.45) is 5.41 Å². The second-order valence-corrected chi connectivity index (χ2v) is 7.24. The first-order chi connectivity index (χ1) is 10.9. The summed E-state index contributed by atoms with van der Waals surface area (Å²) in [4.78, 5) is 14.7. The first-order valence-corrected chi connectivity index (χ1v) is 8.43. The molecule has 0 spiro atoms. The Bertz CT molecular complexity index is 607. The molecule has 23 heavy (non-hydrogen) atoms. The first-order valence-electron chi connectivity index (χ1n) is 8.43. The van der Waals surface area contributed by atoms with E-state index in [1.807, 2.05) is 39.0 Å². The topological polar surface area (TPSA) is 44.1 Å². The predicted octanol–water partition coefficient (Wildman–Crippen LogP) is 4.59. The van der Waals surface area contributed by atoms with Gasteiger partial charge in [0.25, 0.3) is 0 Å². The number of carbonyl (C=O) groups is 1. The highest BCUT2D eigenvalue weighted by Gasteiger charge is 2.24. The lowest BCUT2D eigenvalue weighted by Crippen LogP contribution is -2.23. The van der Waals surface area contributed by atoms with E-state index in [0.29, 0.717) is 0 Å². The van der Waals surface area contributed by atoms with Crippen molar-refractivity contribution in [2.45, 2.75) is 46.5 Å². The highest BCUT2D eigenvalue weighted by Crippen LogP contribution is 2.23. The summed E-state index contributed by atoms with van der Waals surface area (Å²) in [6.45, 7) is 7.73. The lowest BCUT2D eigenvalue weighted by atomic mass is 9.86. The van der Waals surface area contributed by atoms with Gasteiger partial charge in [0.15, 0.2) is 5.78 Å². The van der Waals surface area contributed by atoms with Crippen LogP contribution in [0.2, 0.25) is 0 Å². The molecule has 3 heteroatoms. The molecule has 0 bridgehead atoms. The van der Waals surface area contributed by atoms with Crippen molar-refractivity contribution < 1.29 is 4.79 Å². The number of carbonyl (C=O) groups excluding carboxylic acids is 1. The van der Waals surface area contributed by atoms with Crippen LogP contribution in [0.4, 0.5) is 5.69 Å². The van der Waals surface area contributed by atoms with Crippen LogP contribution in [-0.4, -0.2) is 18.9 Å². The van der Waals surface area contributed by atoms with Crippen molar-refractivity contribution in [3.63, 3.8) is 0 Å². The fourth-order valence-corrected chi connectivity index (χ4v) is 2.83. The molecule has 1 aromatic rings. The lowest BCUT2D eigenvalue weighted by molar-refractivity contribution is -0.121. The molecule has 122 valence electrons. The number of benzene rings is 1. The summed E-state index contributed by atoms with van der Waals surface area (Å²) < 4.78 is 0. The molecule has 1 aromatic carbocycles. The molecule has 1 aliphatic heterocycles. The molecule has 1 fully saturated rings. The summed E-state index contributed by atoms with van der Waals surface area (Å²) in [5.41, 5.74) is 1.82. The Morgan fingerprint density at radius 1 is 1.09 bits per heavy atom. The number of nitrogens with zero attached hydrogens (tertiary/aromatic N) is 2. The molecule has 1 heterocycles. The third-order valence-corrected chi connectivity index (χ3v) is 4.22. The van der Waals surface area contributed by atoms with E-state index in [1.165, 1.54) is 31.4 Å². The molecule has 0 unspecified atom stereocenters. The van der Waals surface area contributed by atoms with Gasteiger partial charge >= 0.3 is 0 Å². The van der Waals surface area contributed by atoms with Crippen LogP contribution >= 0.6 is 0 Å². The number of allylic oxidation sites excluding steroid dienone is 1. The van der Waals surface area contributed by atoms with Crippen molar-refractivity contribution in [3.8, 4) is 6.07 Å². The molecule has 0 aliphatic carbocycles. The summed E-state index contributed by atoms with van der Waals surface area (Å²) in [5, 5.41) is 9.26. The third kappa shape index (κ3) is 4.69. The SMILES string of the molecule is CC(C)(C)C(=O)C(C#N)=Cc1ccc(N2CCCCCC2)cc1. The van der Waals surface area contributed by atoms with Crippen LogP contribution in [0.25, 0.3) is 6.08 Å². The number of rotatable bonds is 3. The molecule has 0 atom stereocenters. The molecule has 1 aliphatic rings. The monoisotopic (exact) mass is 310 g/mol. The van der Waals surface area contributed by atoms with Gasteiger partial charge in [0, 0.05) is 24.2 Å². The maximum atomic E-state index is 12.3. The molecule has 3 nitrogen and oxygen atoms in total. The van der Waals surface area contributed by atoms with Crippen LogP contribution in [0, 0.1) is 16.7 Å². The van der Waals surface area contributed by atoms with Crippen LogP contribution in [0.1, 0.15) is 52.0 Å². The molecule has 1 saturated heterocycles. The van der Waals surface area contributed by atoms with Crippen LogP contribution in [0.5, 0.6) is 0 Å². The fraction of sp³-hybridized carbons (Fsp3) is 0.500. The Hall–Kier alpha value is -2.08. The molecule has 0 radical (unpaired) electrons. The zero-order chi connectivity index (χ0) is 16.9. The Morgan fingerprint density at radius 2 is 1.65 bits per heavy atom. The Balaban J connectivity index is 2.17. The Labute approximate surface area is 139 Å². The second-order valence-electron chi connectivity index (χ2n) is 7.24. The maximum Gasteiger partial charge on any atom is 0.178 e. The van der Waals surface area contributed by atoms with Gasteiger partial charge in [-0.1, -0.05) is 45.7 Å². The summed E-state index contributed by atoms with van der Waals surface area (Å²) in [6, 6.07) is 10.2. The molecule has 2 rings (SSSR count). The first kappa shape index (κ1) is 17.3. The quantitative estimate of drug-likeness (QED) is 0.606. The predicted molar refractivity (Wildman–Crippen MR) is 95.2 cm³/mol. The Morgan fingerprint density at radius 3 is 2.13 bits per heavy atom. The van der Waals surface area contributed by atoms with Gasteiger partial charge in [0.2, 0.25) is 0 Å². The number of Topliss-reactive ketones (excluding diaryl/α,β-unsaturated/α-hetero) is 1. The molecule has 0 aromatic heterocycles. The average Bonchev–Trinajstić information content (AvgIpc) is 2.81. The van der Waals surface area contributed by atoms with Crippen LogP contribution in [0.3, 0.4) is 0 Å². The van der Waals surface area contributed by atoms with Crippen LogP contribution in [-0.2, 0) is 4.79 Å². The minimum Gasteiger partial charge on any atom is -0.372 e. The largest absolute Gasteiger partial charge is 0.372 e. The minimum atomic E-state index is -0.534. The van der Waals surface area contributed by atoms with E-state index in [4.69, 9.17) is 0 Å². The van der Waals surface area contributed by atoms with Gasteiger partial charge in [-0.2, -0.15) is 5.26 Å². The maximum absolute atomic E-state index is 12.3. The zero-order valence-corrected chi connectivity index (χ0v) is 14.4. The van der Waals surface area contributed by atoms with Gasteiger partial charge in [-0.15, -0.1) is 0 Å². The van der Waals surface area contributed by atoms with Gasteiger partial charge in [-0.05, 0) is 36.6 Å². The average molecular weight is 310 g/mol. The highest BCUT2D eigenvalue weighted by atomic mass is 16.1. The van der Waals surface area contributed by atoms with E-state index in [9.17, 15) is 10.1 Å². The van der Waals surface area contributed by atoms with Gasteiger partial charge < -0.3 is 4.90 Å². The second kappa shape index (κ2) is 7.46. The number of anilines is 1. The zero-order valence-electron chi connectivity index (χ0n) is 14.4. The molecular weight excluding hydrogens is 284 g/mol. The molecule has 0 amide bonds. The fourth-order valence-electron chi connectivity index (χ4n) is 2.83. The van der Waals surface area contributed by atoms with Crippen LogP contribution < -0.4 is 4.90 Å². The minimum absolute atomic E-state index is 0.114. The van der Waals surface area contributed by atoms with Crippen molar-refractivity contribution in [1.82, 2.24) is 0 Å². The van der Waals surface area contributed by atoms with E-state index < -0.39 is 5.41 Å². The molecule has 0 saturated carbocycles. The number of hydrogen-bond acceptors (Lipinski definition) is 3. The van der Waals surface area contributed by atoms with Gasteiger partial charge in [-0.3, -0.25) is 4.79 Å². The standard InChI is InChI=1S/C20H26N2O/c1-20(2,3)19(23)17(15-21)14-16-8-10-18(11-9-16)22-12-6-4-5-7-13-22/h8-11,14H,4-7,12-13H2,1-3H3.